The Morgan fingerprint density at radius 1 is 0.814 bits per heavy atom. The zero-order chi connectivity index (χ0) is 31.5. The Bertz CT molecular complexity index is 1190. The van der Waals surface area contributed by atoms with Gasteiger partial charge in [0.2, 0.25) is 0 Å². The molecule has 6 aliphatic rings. The van der Waals surface area contributed by atoms with Crippen LogP contribution in [0.1, 0.15) is 133 Å². The standard InChI is InChI=1S/C40H64O3/c1-24(2)22-28-33(35(28,5)6)34(42)43-23-40-19-14-26(25(3)4)32(40)27-12-13-30-37(9)17-16-31(41)36(7,8)29(37)15-18-39(30,11)38(27,10)20-21-40/h22,26-33,41H,3,12-21,23H2,1-2,4-11H3/t26?,27?,28?,29?,30?,31-,32?,33?,37-,38+,39+,40+/m0/s1. The fourth-order valence-electron chi connectivity index (χ4n) is 13.6. The quantitative estimate of drug-likeness (QED) is 0.255. The fraction of sp³-hybridized carbons (Fsp3) is 0.875. The molecule has 242 valence electrons. The molecule has 0 aromatic carbocycles. The smallest absolute Gasteiger partial charge is 0.310 e. The maximum absolute atomic E-state index is 13.6. The number of esters is 1. The van der Waals surface area contributed by atoms with Gasteiger partial charge in [0.05, 0.1) is 18.6 Å². The number of ether oxygens (including phenoxy) is 1. The molecule has 7 unspecified atom stereocenters. The van der Waals surface area contributed by atoms with Gasteiger partial charge in [0.15, 0.2) is 0 Å². The summed E-state index contributed by atoms with van der Waals surface area (Å²) in [5.41, 5.74) is 3.62. The summed E-state index contributed by atoms with van der Waals surface area (Å²) in [4.78, 5) is 13.6. The van der Waals surface area contributed by atoms with Crippen molar-refractivity contribution in [2.24, 2.45) is 73.9 Å². The van der Waals surface area contributed by atoms with Crippen molar-refractivity contribution in [1.82, 2.24) is 0 Å². The van der Waals surface area contributed by atoms with Crippen LogP contribution in [0.15, 0.2) is 23.8 Å². The van der Waals surface area contributed by atoms with Gasteiger partial charge in [-0.2, -0.15) is 0 Å². The molecule has 0 spiro atoms. The van der Waals surface area contributed by atoms with Crippen LogP contribution < -0.4 is 0 Å². The molecule has 3 heteroatoms. The van der Waals surface area contributed by atoms with E-state index in [1.165, 1.54) is 68.9 Å². The lowest BCUT2D eigenvalue weighted by Crippen LogP contribution is -2.66. The molecule has 0 heterocycles. The van der Waals surface area contributed by atoms with Crippen molar-refractivity contribution < 1.29 is 14.6 Å². The number of carbonyl (C=O) groups is 1. The van der Waals surface area contributed by atoms with Gasteiger partial charge in [-0.05, 0) is 148 Å². The average molecular weight is 593 g/mol. The number of hydrogen-bond acceptors (Lipinski definition) is 3. The van der Waals surface area contributed by atoms with Crippen molar-refractivity contribution in [3.63, 3.8) is 0 Å². The Balaban J connectivity index is 1.28. The predicted octanol–water partition coefficient (Wildman–Crippen LogP) is 9.79. The van der Waals surface area contributed by atoms with Crippen molar-refractivity contribution in [2.75, 3.05) is 6.61 Å². The minimum Gasteiger partial charge on any atom is -0.465 e. The second-order valence-electron chi connectivity index (χ2n) is 19.1. The second kappa shape index (κ2) is 9.95. The zero-order valence-electron chi connectivity index (χ0n) is 29.4. The normalized spacial score (nSPS) is 50.8. The lowest BCUT2D eigenvalue weighted by molar-refractivity contribution is -0.250. The van der Waals surface area contributed by atoms with Gasteiger partial charge in [0, 0.05) is 5.41 Å². The first-order chi connectivity index (χ1) is 19.9. The Hall–Kier alpha value is -1.09. The van der Waals surface area contributed by atoms with E-state index in [0.29, 0.717) is 52.9 Å². The van der Waals surface area contributed by atoms with Gasteiger partial charge in [-0.15, -0.1) is 0 Å². The number of allylic oxidation sites excluding steroid dienone is 3. The Morgan fingerprint density at radius 3 is 2.16 bits per heavy atom. The third-order valence-electron chi connectivity index (χ3n) is 16.4. The molecule has 12 atom stereocenters. The van der Waals surface area contributed by atoms with E-state index < -0.39 is 0 Å². The number of carbonyl (C=O) groups excluding carboxylic acids is 1. The Morgan fingerprint density at radius 2 is 1.51 bits per heavy atom. The van der Waals surface area contributed by atoms with Crippen LogP contribution in [0.2, 0.25) is 0 Å². The second-order valence-corrected chi connectivity index (χ2v) is 19.1. The molecular formula is C40H64O3. The van der Waals surface area contributed by atoms with Crippen LogP contribution in [0.5, 0.6) is 0 Å². The highest BCUT2D eigenvalue weighted by molar-refractivity contribution is 5.78. The maximum Gasteiger partial charge on any atom is 0.310 e. The van der Waals surface area contributed by atoms with Gasteiger partial charge in [-0.3, -0.25) is 4.79 Å². The molecule has 6 aliphatic carbocycles. The molecule has 6 saturated carbocycles. The van der Waals surface area contributed by atoms with Crippen LogP contribution in [-0.2, 0) is 9.53 Å². The minimum atomic E-state index is -0.173. The molecule has 6 fully saturated rings. The molecule has 3 nitrogen and oxygen atoms in total. The molecule has 0 aliphatic heterocycles. The van der Waals surface area contributed by atoms with Gasteiger partial charge in [0.1, 0.15) is 0 Å². The van der Waals surface area contributed by atoms with Crippen LogP contribution in [0.3, 0.4) is 0 Å². The van der Waals surface area contributed by atoms with E-state index in [0.717, 1.165) is 6.42 Å². The van der Waals surface area contributed by atoms with Crippen molar-refractivity contribution in [3.8, 4) is 0 Å². The van der Waals surface area contributed by atoms with E-state index in [4.69, 9.17) is 4.74 Å². The third-order valence-corrected chi connectivity index (χ3v) is 16.4. The van der Waals surface area contributed by atoms with E-state index in [9.17, 15) is 9.90 Å². The van der Waals surface area contributed by atoms with Crippen LogP contribution in [0, 0.1) is 73.9 Å². The van der Waals surface area contributed by atoms with E-state index in [1.807, 2.05) is 0 Å². The summed E-state index contributed by atoms with van der Waals surface area (Å²) >= 11 is 0. The number of fused-ring (bicyclic) bond motifs is 7. The molecule has 0 saturated heterocycles. The van der Waals surface area contributed by atoms with Crippen molar-refractivity contribution in [3.05, 3.63) is 23.8 Å². The van der Waals surface area contributed by atoms with Gasteiger partial charge >= 0.3 is 5.97 Å². The van der Waals surface area contributed by atoms with Crippen LogP contribution in [0.4, 0.5) is 0 Å². The molecule has 0 radical (unpaired) electrons. The van der Waals surface area contributed by atoms with Crippen LogP contribution in [0.25, 0.3) is 0 Å². The lowest BCUT2D eigenvalue weighted by Gasteiger charge is -2.73. The van der Waals surface area contributed by atoms with E-state index in [1.54, 1.807) is 0 Å². The van der Waals surface area contributed by atoms with Gasteiger partial charge < -0.3 is 9.84 Å². The summed E-state index contributed by atoms with van der Waals surface area (Å²) in [6.45, 7) is 28.9. The monoisotopic (exact) mass is 592 g/mol. The SMILES string of the molecule is C=C(C)C1CC[C@]2(COC(=O)C3C(C=C(C)C)C3(C)C)CC[C@]3(C)C(CCC4[C@@]5(C)CC[C@H](O)C(C)(C)C5CC[C@]43C)C12. The molecule has 1 N–H and O–H groups in total. The highest BCUT2D eigenvalue weighted by Gasteiger charge is 2.71. The minimum absolute atomic E-state index is 0.00186. The maximum atomic E-state index is 13.6. The molecule has 0 aromatic heterocycles. The molecule has 0 bridgehead atoms. The van der Waals surface area contributed by atoms with E-state index in [2.05, 4.69) is 81.9 Å². The van der Waals surface area contributed by atoms with E-state index in [-0.39, 0.29) is 39.7 Å². The summed E-state index contributed by atoms with van der Waals surface area (Å²) in [5, 5.41) is 11.1. The highest BCUT2D eigenvalue weighted by atomic mass is 16.5. The predicted molar refractivity (Wildman–Crippen MR) is 176 cm³/mol. The van der Waals surface area contributed by atoms with Gasteiger partial charge in [0.25, 0.3) is 0 Å². The topological polar surface area (TPSA) is 46.5 Å². The Kier molecular flexibility index (Phi) is 7.38. The highest BCUT2D eigenvalue weighted by Crippen LogP contribution is 2.77. The molecule has 6 rings (SSSR count). The Labute approximate surface area is 264 Å². The molecular weight excluding hydrogens is 528 g/mol. The summed E-state index contributed by atoms with van der Waals surface area (Å²) in [5.74, 6) is 3.40. The van der Waals surface area contributed by atoms with Crippen molar-refractivity contribution >= 4 is 5.97 Å². The fourth-order valence-corrected chi connectivity index (χ4v) is 13.6. The number of hydrogen-bond donors (Lipinski definition) is 1. The zero-order valence-corrected chi connectivity index (χ0v) is 29.4. The van der Waals surface area contributed by atoms with E-state index >= 15 is 0 Å². The summed E-state index contributed by atoms with van der Waals surface area (Å²) in [6, 6.07) is 0. The number of aliphatic hydroxyl groups is 1. The summed E-state index contributed by atoms with van der Waals surface area (Å²) in [7, 11) is 0. The largest absolute Gasteiger partial charge is 0.465 e. The number of aliphatic hydroxyl groups excluding tert-OH is 1. The molecule has 0 amide bonds. The summed E-state index contributed by atoms with van der Waals surface area (Å²) < 4.78 is 6.43. The third kappa shape index (κ3) is 4.31. The average Bonchev–Trinajstić information content (AvgIpc) is 3.24. The van der Waals surface area contributed by atoms with Crippen molar-refractivity contribution in [1.29, 1.82) is 0 Å². The first-order valence-electron chi connectivity index (χ1n) is 18.0. The van der Waals surface area contributed by atoms with Crippen LogP contribution >= 0.6 is 0 Å². The van der Waals surface area contributed by atoms with Gasteiger partial charge in [-0.25, -0.2) is 0 Å². The summed E-state index contributed by atoms with van der Waals surface area (Å²) in [6.07, 6.45) is 14.2. The van der Waals surface area contributed by atoms with Crippen molar-refractivity contribution in [2.45, 2.75) is 140 Å². The van der Waals surface area contributed by atoms with Gasteiger partial charge in [-0.1, -0.05) is 72.3 Å². The first-order valence-corrected chi connectivity index (χ1v) is 18.0. The first kappa shape index (κ1) is 31.9. The molecule has 43 heavy (non-hydrogen) atoms. The number of rotatable bonds is 5. The van der Waals surface area contributed by atoms with Crippen LogP contribution in [-0.4, -0.2) is 23.8 Å². The molecule has 0 aromatic rings. The lowest BCUT2D eigenvalue weighted by atomic mass is 9.32.